The van der Waals surface area contributed by atoms with Crippen molar-refractivity contribution in [3.05, 3.63) is 93.1 Å². The first-order valence-electron chi connectivity index (χ1n) is 18.8. The van der Waals surface area contributed by atoms with Crippen LogP contribution in [-0.2, 0) is 13.1 Å². The van der Waals surface area contributed by atoms with Gasteiger partial charge >= 0.3 is 150 Å². The van der Waals surface area contributed by atoms with Gasteiger partial charge in [0.1, 0.15) is 11.6 Å². The van der Waals surface area contributed by atoms with E-state index in [-0.39, 0.29) is 138 Å². The van der Waals surface area contributed by atoms with Gasteiger partial charge in [0.05, 0.1) is 14.2 Å². The second kappa shape index (κ2) is 29.4. The van der Waals surface area contributed by atoms with Gasteiger partial charge in [0.15, 0.2) is 23.0 Å². The van der Waals surface area contributed by atoms with Gasteiger partial charge in [-0.3, -0.25) is 9.80 Å². The molecule has 2 saturated heterocycles. The number of piperazine rings is 2. The fraction of sp³-hybridized carbons (Fsp3) is 0.390. The van der Waals surface area contributed by atoms with Gasteiger partial charge in [-0.1, -0.05) is 44.0 Å². The molecule has 0 aliphatic carbocycles. The van der Waals surface area contributed by atoms with Crippen molar-refractivity contribution in [1.29, 1.82) is 0 Å². The van der Waals surface area contributed by atoms with E-state index in [1.54, 1.807) is 42.4 Å². The van der Waals surface area contributed by atoms with E-state index in [1.165, 1.54) is 9.80 Å². The Morgan fingerprint density at radius 1 is 0.597 bits per heavy atom. The van der Waals surface area contributed by atoms with Gasteiger partial charge in [-0.15, -0.1) is 0 Å². The molecule has 6 rings (SSSR count). The molecular formula is C41H50Br2Cs2N8O9. The predicted octanol–water partition coefficient (Wildman–Crippen LogP) is -1.97. The van der Waals surface area contributed by atoms with Crippen LogP contribution in [0.1, 0.15) is 11.1 Å². The Bertz CT molecular complexity index is 1870. The van der Waals surface area contributed by atoms with Crippen molar-refractivity contribution in [2.24, 2.45) is 0 Å². The average molecular weight is 1220 g/mol. The summed E-state index contributed by atoms with van der Waals surface area (Å²) < 4.78 is 23.5. The van der Waals surface area contributed by atoms with Crippen molar-refractivity contribution in [3.8, 4) is 23.0 Å². The number of aromatic nitrogens is 2. The molecule has 4 aromatic rings. The summed E-state index contributed by atoms with van der Waals surface area (Å²) in [4.78, 5) is 53.2. The number of hydrogen-bond acceptors (Lipinski definition) is 15. The molecule has 17 nitrogen and oxygen atoms in total. The fourth-order valence-electron chi connectivity index (χ4n) is 6.08. The Balaban J connectivity index is 0.000000381. The number of rotatable bonds is 10. The first kappa shape index (κ1) is 56.9. The maximum Gasteiger partial charge on any atom is 1.00 e. The molecule has 0 saturated carbocycles. The van der Waals surface area contributed by atoms with E-state index >= 15 is 0 Å². The maximum atomic E-state index is 12.0. The monoisotopic (exact) mass is 1220 g/mol. The van der Waals surface area contributed by atoms with Gasteiger partial charge in [0.2, 0.25) is 0 Å². The number of ether oxygens (including phenoxy) is 4. The average Bonchev–Trinajstić information content (AvgIpc) is 3.24. The summed E-state index contributed by atoms with van der Waals surface area (Å²) in [5.41, 5.74) is 2.10. The molecule has 21 heteroatoms. The smallest absolute Gasteiger partial charge is 0.652 e. The van der Waals surface area contributed by atoms with Crippen LogP contribution in [0, 0.1) is 0 Å². The van der Waals surface area contributed by atoms with Gasteiger partial charge in [-0.2, -0.15) is 0 Å². The van der Waals surface area contributed by atoms with Crippen LogP contribution in [0.4, 0.5) is 26.0 Å². The summed E-state index contributed by atoms with van der Waals surface area (Å²) >= 11 is 7.23. The van der Waals surface area contributed by atoms with Crippen LogP contribution in [-0.4, -0.2) is 143 Å². The third-order valence-electron chi connectivity index (χ3n) is 9.27. The first-order valence-corrected chi connectivity index (χ1v) is 20.4. The topological polar surface area (TPSA) is 179 Å². The number of nitrogens with zero attached hydrogens (tertiary/aromatic N) is 8. The standard InChI is InChI=1S/2C20H25BrN4O3.CH2O3.2Cs/c2*1-23(2)20(26)28-18-12-15(16(21)13-17(18)27-3)14-24-8-10-25(11-9-24)19-6-4-5-7-22-19;2-1(3)4;;/h2*4-7,12-13H,8-11,14H2,1-3H3;(H2,2,3,4);;/q;;;2*+1/p-2. The van der Waals surface area contributed by atoms with Crippen molar-refractivity contribution in [2.75, 3.05) is 105 Å². The van der Waals surface area contributed by atoms with Crippen LogP contribution in [0.3, 0.4) is 0 Å². The van der Waals surface area contributed by atoms with Crippen LogP contribution in [0.15, 0.2) is 82.0 Å². The van der Waals surface area contributed by atoms with E-state index in [0.29, 0.717) is 23.0 Å². The van der Waals surface area contributed by atoms with E-state index in [2.05, 4.69) is 61.4 Å². The number of hydrogen-bond donors (Lipinski definition) is 0. The molecule has 2 fully saturated rings. The summed E-state index contributed by atoms with van der Waals surface area (Å²) in [6, 6.07) is 19.4. The normalized spacial score (nSPS) is 13.6. The number of anilines is 2. The number of amides is 2. The Labute approximate surface area is 497 Å². The minimum absolute atomic E-state index is 0. The number of benzene rings is 2. The third kappa shape index (κ3) is 18.5. The molecule has 0 atom stereocenters. The van der Waals surface area contributed by atoms with E-state index in [0.717, 1.165) is 97.2 Å². The van der Waals surface area contributed by atoms with Gasteiger partial charge < -0.3 is 53.6 Å². The predicted molar refractivity (Wildman–Crippen MR) is 230 cm³/mol. The molecule has 2 aromatic heterocycles. The summed E-state index contributed by atoms with van der Waals surface area (Å²) in [6.07, 6.45) is 0.450. The third-order valence-corrected chi connectivity index (χ3v) is 10.7. The van der Waals surface area contributed by atoms with Crippen LogP contribution in [0.5, 0.6) is 23.0 Å². The fourth-order valence-corrected chi connectivity index (χ4v) is 6.98. The van der Waals surface area contributed by atoms with Crippen molar-refractivity contribution < 1.29 is 181 Å². The maximum absolute atomic E-state index is 12.0. The van der Waals surface area contributed by atoms with Crippen molar-refractivity contribution in [2.45, 2.75) is 13.1 Å². The molecule has 0 bridgehead atoms. The minimum atomic E-state index is -2.33. The largest absolute Gasteiger partial charge is 1.00 e. The van der Waals surface area contributed by atoms with Crippen LogP contribution in [0.25, 0.3) is 0 Å². The Kier molecular flexibility index (Phi) is 27.0. The van der Waals surface area contributed by atoms with Crippen LogP contribution < -0.4 is 177 Å². The van der Waals surface area contributed by atoms with E-state index in [9.17, 15) is 9.59 Å². The summed E-state index contributed by atoms with van der Waals surface area (Å²) in [5, 5.41) is 16.7. The van der Waals surface area contributed by atoms with Gasteiger partial charge in [0.25, 0.3) is 0 Å². The molecule has 4 heterocycles. The number of halogens is 2. The molecule has 0 unspecified atom stereocenters. The van der Waals surface area contributed by atoms with Gasteiger partial charge in [0, 0.05) is 115 Å². The second-order valence-electron chi connectivity index (χ2n) is 13.9. The zero-order valence-electron chi connectivity index (χ0n) is 36.5. The first-order chi connectivity index (χ1) is 28.7. The molecule has 324 valence electrons. The molecule has 0 radical (unpaired) electrons. The minimum Gasteiger partial charge on any atom is -0.652 e. The van der Waals surface area contributed by atoms with E-state index in [1.807, 2.05) is 73.1 Å². The summed E-state index contributed by atoms with van der Waals surface area (Å²) in [7, 11) is 9.72. The molecular weight excluding hydrogens is 1170 g/mol. The van der Waals surface area contributed by atoms with Crippen LogP contribution >= 0.6 is 31.9 Å². The molecule has 0 spiro atoms. The molecule has 2 aliphatic rings. The number of pyridine rings is 2. The van der Waals surface area contributed by atoms with Crippen molar-refractivity contribution in [3.63, 3.8) is 0 Å². The van der Waals surface area contributed by atoms with Crippen molar-refractivity contribution >= 4 is 61.8 Å². The van der Waals surface area contributed by atoms with Crippen molar-refractivity contribution in [1.82, 2.24) is 29.6 Å². The Morgan fingerprint density at radius 3 is 1.21 bits per heavy atom. The number of carbonyl (C=O) groups excluding carboxylic acids is 3. The Morgan fingerprint density at radius 2 is 0.935 bits per heavy atom. The summed E-state index contributed by atoms with van der Waals surface area (Å²) in [5.74, 6) is 3.92. The molecule has 2 aliphatic heterocycles. The van der Waals surface area contributed by atoms with Crippen LogP contribution in [0.2, 0.25) is 0 Å². The SMILES string of the molecule is COc1cc(Br)c(CN2CCN(c3ccccn3)CC2)cc1OC(=O)N(C)C.COc1cc(Br)c(CN2CCN(c3ccccn3)CC2)cc1OC(=O)N(C)C.O=C([O-])[O-].[Cs+].[Cs+]. The summed E-state index contributed by atoms with van der Waals surface area (Å²) in [6.45, 7) is 8.94. The van der Waals surface area contributed by atoms with E-state index in [4.69, 9.17) is 34.0 Å². The molecule has 2 aromatic carbocycles. The zero-order chi connectivity index (χ0) is 43.8. The molecule has 62 heavy (non-hydrogen) atoms. The molecule has 2 amide bonds. The quantitative estimate of drug-likeness (QED) is 0.171. The van der Waals surface area contributed by atoms with E-state index < -0.39 is 18.3 Å². The number of carboxylic acid groups (broad SMARTS) is 2. The number of carbonyl (C=O) groups is 3. The van der Waals surface area contributed by atoms with Gasteiger partial charge in [-0.05, 0) is 65.8 Å². The zero-order valence-corrected chi connectivity index (χ0v) is 52.2. The van der Waals surface area contributed by atoms with Gasteiger partial charge in [-0.25, -0.2) is 19.6 Å². The second-order valence-corrected chi connectivity index (χ2v) is 15.6. The number of methoxy groups -OCH3 is 2. The molecule has 0 N–H and O–H groups in total. The Hall–Kier alpha value is -1.27.